The maximum absolute atomic E-state index is 12.6. The van der Waals surface area contributed by atoms with E-state index < -0.39 is 5.97 Å². The average molecular weight is 330 g/mol. The number of anilines is 1. The molecule has 1 atom stereocenters. The van der Waals surface area contributed by atoms with Gasteiger partial charge in [-0.3, -0.25) is 9.59 Å². The molecule has 0 saturated carbocycles. The summed E-state index contributed by atoms with van der Waals surface area (Å²) >= 11 is 0. The Hall–Kier alpha value is -2.37. The number of hydrogen-bond donors (Lipinski definition) is 1. The number of carboxylic acids is 1. The number of carbonyl (C=O) groups is 3. The van der Waals surface area contributed by atoms with Gasteiger partial charge >= 0.3 is 5.97 Å². The summed E-state index contributed by atoms with van der Waals surface area (Å²) in [6.07, 6.45) is 2.27. The molecule has 0 spiro atoms. The van der Waals surface area contributed by atoms with Crippen molar-refractivity contribution < 1.29 is 19.5 Å². The highest BCUT2D eigenvalue weighted by Crippen LogP contribution is 2.28. The van der Waals surface area contributed by atoms with Crippen LogP contribution in [0.1, 0.15) is 36.5 Å². The number of rotatable bonds is 3. The molecule has 1 N–H and O–H groups in total. The first-order chi connectivity index (χ1) is 11.5. The topological polar surface area (TPSA) is 77.9 Å². The molecule has 2 heterocycles. The first kappa shape index (κ1) is 16.5. The maximum atomic E-state index is 12.6. The maximum Gasteiger partial charge on any atom is 0.335 e. The number of amides is 2. The van der Waals surface area contributed by atoms with Crippen molar-refractivity contribution in [2.75, 3.05) is 24.5 Å². The van der Waals surface area contributed by atoms with Crippen LogP contribution in [0.15, 0.2) is 24.3 Å². The van der Waals surface area contributed by atoms with E-state index in [0.717, 1.165) is 25.9 Å². The lowest BCUT2D eigenvalue weighted by atomic mass is 9.97. The third-order valence-corrected chi connectivity index (χ3v) is 5.00. The van der Waals surface area contributed by atoms with Gasteiger partial charge in [0.05, 0.1) is 11.5 Å². The van der Waals surface area contributed by atoms with E-state index in [-0.39, 0.29) is 29.7 Å². The summed E-state index contributed by atoms with van der Waals surface area (Å²) in [6.45, 7) is 4.12. The Morgan fingerprint density at radius 2 is 1.75 bits per heavy atom. The van der Waals surface area contributed by atoms with Crippen LogP contribution in [-0.2, 0) is 9.59 Å². The summed E-state index contributed by atoms with van der Waals surface area (Å²) in [5, 5.41) is 8.94. The molecular formula is C18H22N2O4. The van der Waals surface area contributed by atoms with Crippen LogP contribution in [0.2, 0.25) is 0 Å². The summed E-state index contributed by atoms with van der Waals surface area (Å²) in [5.41, 5.74) is 0.827. The second-order valence-corrected chi connectivity index (χ2v) is 6.77. The summed E-state index contributed by atoms with van der Waals surface area (Å²) in [7, 11) is 0. The van der Waals surface area contributed by atoms with Gasteiger partial charge in [-0.15, -0.1) is 0 Å². The molecule has 2 aliphatic rings. The Labute approximate surface area is 141 Å². The minimum atomic E-state index is -0.998. The summed E-state index contributed by atoms with van der Waals surface area (Å²) in [4.78, 5) is 39.3. The van der Waals surface area contributed by atoms with Crippen molar-refractivity contribution in [3.8, 4) is 0 Å². The molecule has 0 unspecified atom stereocenters. The van der Waals surface area contributed by atoms with Crippen molar-refractivity contribution in [1.29, 1.82) is 0 Å². The lowest BCUT2D eigenvalue weighted by Gasteiger charge is -2.32. The molecular weight excluding hydrogens is 308 g/mol. The van der Waals surface area contributed by atoms with Crippen molar-refractivity contribution in [2.45, 2.75) is 26.2 Å². The Kier molecular flexibility index (Phi) is 4.55. The van der Waals surface area contributed by atoms with Gasteiger partial charge in [0.25, 0.3) is 0 Å². The smallest absolute Gasteiger partial charge is 0.335 e. The van der Waals surface area contributed by atoms with Crippen LogP contribution in [-0.4, -0.2) is 47.4 Å². The number of nitrogens with zero attached hydrogens (tertiary/aromatic N) is 2. The second-order valence-electron chi connectivity index (χ2n) is 6.77. The number of benzene rings is 1. The summed E-state index contributed by atoms with van der Waals surface area (Å²) in [5.74, 6) is -0.656. The molecule has 2 fully saturated rings. The number of carboxylic acid groups (broad SMARTS) is 1. The minimum Gasteiger partial charge on any atom is -0.478 e. The van der Waals surface area contributed by atoms with Crippen LogP contribution in [0, 0.1) is 11.8 Å². The standard InChI is InChI=1S/C18H22N2O4/c1-12-6-8-19(9-7-12)17(22)14-10-16(21)20(11-14)15-4-2-13(3-5-15)18(23)24/h2-5,12,14H,6-11H2,1H3,(H,23,24)/t14-/m1/s1. The lowest BCUT2D eigenvalue weighted by Crippen LogP contribution is -2.42. The van der Waals surface area contributed by atoms with Crippen LogP contribution in [0.4, 0.5) is 5.69 Å². The van der Waals surface area contributed by atoms with Crippen molar-refractivity contribution >= 4 is 23.5 Å². The zero-order valence-corrected chi connectivity index (χ0v) is 13.8. The van der Waals surface area contributed by atoms with Gasteiger partial charge in [0.15, 0.2) is 0 Å². The normalized spacial score (nSPS) is 22.0. The number of hydrogen-bond acceptors (Lipinski definition) is 3. The highest BCUT2D eigenvalue weighted by molar-refractivity contribution is 6.00. The third-order valence-electron chi connectivity index (χ3n) is 5.00. The monoisotopic (exact) mass is 330 g/mol. The molecule has 1 aromatic carbocycles. The molecule has 6 nitrogen and oxygen atoms in total. The summed E-state index contributed by atoms with van der Waals surface area (Å²) < 4.78 is 0. The molecule has 3 rings (SSSR count). The SMILES string of the molecule is CC1CCN(C(=O)[C@@H]2CC(=O)N(c3ccc(C(=O)O)cc3)C2)CC1. The number of piperidine rings is 1. The molecule has 1 aromatic rings. The van der Waals surface area contributed by atoms with Gasteiger partial charge in [-0.2, -0.15) is 0 Å². The number of likely N-dealkylation sites (tertiary alicyclic amines) is 1. The van der Waals surface area contributed by atoms with Gasteiger partial charge in [0.2, 0.25) is 11.8 Å². The van der Waals surface area contributed by atoms with E-state index in [1.807, 2.05) is 4.90 Å². The zero-order valence-electron chi connectivity index (χ0n) is 13.8. The van der Waals surface area contributed by atoms with Gasteiger partial charge in [0, 0.05) is 31.7 Å². The minimum absolute atomic E-state index is 0.0694. The largest absolute Gasteiger partial charge is 0.478 e. The molecule has 6 heteroatoms. The fraction of sp³-hybridized carbons (Fsp3) is 0.500. The highest BCUT2D eigenvalue weighted by atomic mass is 16.4. The lowest BCUT2D eigenvalue weighted by molar-refractivity contribution is -0.137. The van der Waals surface area contributed by atoms with E-state index >= 15 is 0 Å². The molecule has 0 aromatic heterocycles. The van der Waals surface area contributed by atoms with E-state index in [9.17, 15) is 14.4 Å². The van der Waals surface area contributed by atoms with Crippen LogP contribution >= 0.6 is 0 Å². The van der Waals surface area contributed by atoms with Crippen LogP contribution in [0.5, 0.6) is 0 Å². The number of aromatic carboxylic acids is 1. The van der Waals surface area contributed by atoms with Gasteiger partial charge in [-0.1, -0.05) is 6.92 Å². The highest BCUT2D eigenvalue weighted by Gasteiger charge is 2.37. The van der Waals surface area contributed by atoms with E-state index in [1.165, 1.54) is 12.1 Å². The molecule has 128 valence electrons. The van der Waals surface area contributed by atoms with Crippen LogP contribution in [0.25, 0.3) is 0 Å². The van der Waals surface area contributed by atoms with Crippen molar-refractivity contribution in [1.82, 2.24) is 4.90 Å². The van der Waals surface area contributed by atoms with Gasteiger partial charge in [-0.25, -0.2) is 4.79 Å². The zero-order chi connectivity index (χ0) is 17.3. The van der Waals surface area contributed by atoms with Crippen molar-refractivity contribution in [3.63, 3.8) is 0 Å². The Morgan fingerprint density at radius 3 is 2.33 bits per heavy atom. The molecule has 0 bridgehead atoms. The van der Waals surface area contributed by atoms with Crippen molar-refractivity contribution in [3.05, 3.63) is 29.8 Å². The Morgan fingerprint density at radius 1 is 1.12 bits per heavy atom. The van der Waals surface area contributed by atoms with Gasteiger partial charge in [-0.05, 0) is 43.0 Å². The molecule has 2 aliphatic heterocycles. The van der Waals surface area contributed by atoms with E-state index in [0.29, 0.717) is 18.2 Å². The Balaban J connectivity index is 1.67. The fourth-order valence-electron chi connectivity index (χ4n) is 3.39. The fourth-order valence-corrected chi connectivity index (χ4v) is 3.39. The van der Waals surface area contributed by atoms with E-state index in [4.69, 9.17) is 5.11 Å². The van der Waals surface area contributed by atoms with Gasteiger partial charge < -0.3 is 14.9 Å². The quantitative estimate of drug-likeness (QED) is 0.919. The van der Waals surface area contributed by atoms with Crippen LogP contribution < -0.4 is 4.90 Å². The predicted octanol–water partition coefficient (Wildman–Crippen LogP) is 2.00. The van der Waals surface area contributed by atoms with Gasteiger partial charge in [0.1, 0.15) is 0 Å². The molecule has 2 saturated heterocycles. The molecule has 2 amide bonds. The van der Waals surface area contributed by atoms with Crippen molar-refractivity contribution in [2.24, 2.45) is 11.8 Å². The third kappa shape index (κ3) is 3.27. The summed E-state index contributed by atoms with van der Waals surface area (Å²) in [6, 6.07) is 6.20. The molecule has 0 aliphatic carbocycles. The molecule has 24 heavy (non-hydrogen) atoms. The van der Waals surface area contributed by atoms with Crippen LogP contribution in [0.3, 0.4) is 0 Å². The average Bonchev–Trinajstić information content (AvgIpc) is 2.97. The predicted molar refractivity (Wildman–Crippen MR) is 88.8 cm³/mol. The Bertz CT molecular complexity index is 647. The first-order valence-electron chi connectivity index (χ1n) is 8.38. The molecule has 0 radical (unpaired) electrons. The van der Waals surface area contributed by atoms with E-state index in [2.05, 4.69) is 6.92 Å². The first-order valence-corrected chi connectivity index (χ1v) is 8.38. The second kappa shape index (κ2) is 6.63. The number of carbonyl (C=O) groups excluding carboxylic acids is 2. The van der Waals surface area contributed by atoms with E-state index in [1.54, 1.807) is 17.0 Å².